The lowest BCUT2D eigenvalue weighted by Crippen LogP contribution is -2.26. The summed E-state index contributed by atoms with van der Waals surface area (Å²) in [5, 5.41) is 10.3. The normalized spacial score (nSPS) is 15.9. The molecule has 0 unspecified atom stereocenters. The fourth-order valence-corrected chi connectivity index (χ4v) is 3.41. The monoisotopic (exact) mass is 374 g/mol. The van der Waals surface area contributed by atoms with Gasteiger partial charge in [-0.3, -0.25) is 0 Å². The molecule has 0 aliphatic carbocycles. The van der Waals surface area contributed by atoms with Gasteiger partial charge in [-0.05, 0) is 43.7 Å². The van der Waals surface area contributed by atoms with Gasteiger partial charge >= 0.3 is 5.63 Å². The van der Waals surface area contributed by atoms with Gasteiger partial charge < -0.3 is 19.6 Å². The molecule has 1 aromatic heterocycles. The maximum atomic E-state index is 12.8. The maximum absolute atomic E-state index is 12.8. The first-order chi connectivity index (χ1) is 13.5. The Kier molecular flexibility index (Phi) is 4.28. The van der Waals surface area contributed by atoms with E-state index in [0.717, 1.165) is 5.56 Å². The minimum atomic E-state index is -0.678. The smallest absolute Gasteiger partial charge is 0.344 e. The second-order valence-corrected chi connectivity index (χ2v) is 6.79. The Morgan fingerprint density at radius 1 is 1.14 bits per heavy atom. The summed E-state index contributed by atoms with van der Waals surface area (Å²) in [5.74, 6) is 0.337. The quantitative estimate of drug-likeness (QED) is 0.700. The molecule has 0 fully saturated rings. The van der Waals surface area contributed by atoms with Crippen LogP contribution in [0.15, 0.2) is 69.2 Å². The molecule has 140 valence electrons. The molecule has 0 amide bonds. The van der Waals surface area contributed by atoms with E-state index in [2.05, 4.69) is 6.07 Å². The van der Waals surface area contributed by atoms with Gasteiger partial charge in [-0.1, -0.05) is 24.3 Å². The van der Waals surface area contributed by atoms with Crippen molar-refractivity contribution in [2.24, 2.45) is 5.73 Å². The van der Waals surface area contributed by atoms with Crippen molar-refractivity contribution in [1.29, 1.82) is 5.26 Å². The van der Waals surface area contributed by atoms with Crippen LogP contribution in [0.25, 0.3) is 11.0 Å². The third-order valence-corrected chi connectivity index (χ3v) is 4.56. The van der Waals surface area contributed by atoms with Gasteiger partial charge in [-0.15, -0.1) is 0 Å². The molecule has 2 N–H and O–H groups in total. The number of nitrogens with zero attached hydrogens (tertiary/aromatic N) is 1. The van der Waals surface area contributed by atoms with Gasteiger partial charge in [0.05, 0.1) is 23.0 Å². The highest BCUT2D eigenvalue weighted by Gasteiger charge is 2.35. The van der Waals surface area contributed by atoms with E-state index in [4.69, 9.17) is 19.6 Å². The highest BCUT2D eigenvalue weighted by molar-refractivity contribution is 5.86. The first kappa shape index (κ1) is 17.7. The predicted molar refractivity (Wildman–Crippen MR) is 104 cm³/mol. The Morgan fingerprint density at radius 3 is 2.54 bits per heavy atom. The van der Waals surface area contributed by atoms with Crippen molar-refractivity contribution in [3.8, 4) is 17.6 Å². The van der Waals surface area contributed by atoms with E-state index in [-0.39, 0.29) is 23.1 Å². The van der Waals surface area contributed by atoms with Gasteiger partial charge in [-0.2, -0.15) is 5.26 Å². The van der Waals surface area contributed by atoms with Gasteiger partial charge in [0.15, 0.2) is 5.75 Å². The van der Waals surface area contributed by atoms with Crippen molar-refractivity contribution >= 4 is 11.0 Å². The van der Waals surface area contributed by atoms with Gasteiger partial charge in [0, 0.05) is 0 Å². The van der Waals surface area contributed by atoms with Crippen LogP contribution in [0.2, 0.25) is 0 Å². The Balaban J connectivity index is 1.93. The van der Waals surface area contributed by atoms with E-state index < -0.39 is 11.5 Å². The minimum Gasteiger partial charge on any atom is -0.491 e. The van der Waals surface area contributed by atoms with Gasteiger partial charge in [0.2, 0.25) is 5.88 Å². The first-order valence-corrected chi connectivity index (χ1v) is 8.89. The van der Waals surface area contributed by atoms with Crippen LogP contribution in [0.3, 0.4) is 0 Å². The molecule has 3 aromatic rings. The summed E-state index contributed by atoms with van der Waals surface area (Å²) in [7, 11) is 0. The van der Waals surface area contributed by atoms with Crippen molar-refractivity contribution in [3.05, 3.63) is 81.5 Å². The van der Waals surface area contributed by atoms with E-state index in [0.29, 0.717) is 22.5 Å². The Morgan fingerprint density at radius 2 is 1.86 bits per heavy atom. The summed E-state index contributed by atoms with van der Waals surface area (Å²) in [5.41, 5.74) is 7.06. The molecule has 4 rings (SSSR count). The lowest BCUT2D eigenvalue weighted by Gasteiger charge is -2.26. The van der Waals surface area contributed by atoms with Crippen LogP contribution in [0.5, 0.6) is 11.5 Å². The molecule has 6 heteroatoms. The van der Waals surface area contributed by atoms with E-state index in [9.17, 15) is 10.1 Å². The summed E-state index contributed by atoms with van der Waals surface area (Å²) in [6.45, 7) is 3.88. The molecule has 1 atom stereocenters. The number of benzene rings is 2. The van der Waals surface area contributed by atoms with E-state index in [1.54, 1.807) is 30.3 Å². The molecule has 0 spiro atoms. The van der Waals surface area contributed by atoms with Gasteiger partial charge in [0.25, 0.3) is 0 Å². The fraction of sp³-hybridized carbons (Fsp3) is 0.182. The molecule has 2 aromatic carbocycles. The molecule has 0 saturated carbocycles. The van der Waals surface area contributed by atoms with Crippen LogP contribution in [0.4, 0.5) is 0 Å². The number of rotatable bonds is 3. The molecule has 0 radical (unpaired) electrons. The second kappa shape index (κ2) is 6.78. The zero-order valence-electron chi connectivity index (χ0n) is 15.4. The van der Waals surface area contributed by atoms with Gasteiger partial charge in [0.1, 0.15) is 23.0 Å². The molecule has 1 aliphatic heterocycles. The molecular weight excluding hydrogens is 356 g/mol. The van der Waals surface area contributed by atoms with Crippen LogP contribution >= 0.6 is 0 Å². The molecule has 0 saturated heterocycles. The molecule has 0 bridgehead atoms. The first-order valence-electron chi connectivity index (χ1n) is 8.89. The van der Waals surface area contributed by atoms with Crippen molar-refractivity contribution < 1.29 is 13.9 Å². The zero-order chi connectivity index (χ0) is 19.8. The number of nitriles is 1. The molecule has 2 heterocycles. The van der Waals surface area contributed by atoms with E-state index in [1.165, 1.54) is 0 Å². The van der Waals surface area contributed by atoms with E-state index in [1.807, 2.05) is 32.0 Å². The largest absolute Gasteiger partial charge is 0.491 e. The van der Waals surface area contributed by atoms with Crippen LogP contribution in [0, 0.1) is 11.3 Å². The second-order valence-electron chi connectivity index (χ2n) is 6.79. The number of nitrogens with two attached hydrogens (primary N) is 1. The number of hydrogen-bond donors (Lipinski definition) is 1. The number of allylic oxidation sites excluding steroid dienone is 1. The Labute approximate surface area is 161 Å². The summed E-state index contributed by atoms with van der Waals surface area (Å²) in [6.07, 6.45) is 0.0401. The maximum Gasteiger partial charge on any atom is 0.344 e. The summed E-state index contributed by atoms with van der Waals surface area (Å²) >= 11 is 0. The van der Waals surface area contributed by atoms with Crippen LogP contribution < -0.4 is 20.8 Å². The number of hydrogen-bond acceptors (Lipinski definition) is 6. The summed E-state index contributed by atoms with van der Waals surface area (Å²) in [4.78, 5) is 12.8. The zero-order valence-corrected chi connectivity index (χ0v) is 15.4. The number of fused-ring (bicyclic) bond motifs is 3. The van der Waals surface area contributed by atoms with E-state index >= 15 is 0 Å². The molecule has 6 nitrogen and oxygen atoms in total. The Hall–Kier alpha value is -3.72. The highest BCUT2D eigenvalue weighted by Crippen LogP contribution is 2.43. The molecular formula is C22H18N2O4. The van der Waals surface area contributed by atoms with Crippen molar-refractivity contribution in [1.82, 2.24) is 0 Å². The van der Waals surface area contributed by atoms with Crippen molar-refractivity contribution in [2.75, 3.05) is 0 Å². The molecule has 28 heavy (non-hydrogen) atoms. The Bertz CT molecular complexity index is 1180. The van der Waals surface area contributed by atoms with Gasteiger partial charge in [-0.25, -0.2) is 4.79 Å². The number of ether oxygens (including phenoxy) is 2. The standard InChI is InChI=1S/C22H18N2O4/c1-12(2)26-14-9-7-13(8-10-14)18-16(11-23)21(24)28-20-15-5-3-4-6-17(15)27-22(25)19(18)20/h3-10,12,18H,24H2,1-2H3/t18-/m0/s1. The minimum absolute atomic E-state index is 0.0155. The third-order valence-electron chi connectivity index (χ3n) is 4.56. The average molecular weight is 374 g/mol. The SMILES string of the molecule is CC(C)Oc1ccc([C@H]2C(C#N)=C(N)Oc3c2c(=O)oc2ccccc32)cc1. The topological polar surface area (TPSA) is 98.5 Å². The van der Waals surface area contributed by atoms with Crippen molar-refractivity contribution in [3.63, 3.8) is 0 Å². The summed E-state index contributed by atoms with van der Waals surface area (Å²) in [6, 6.07) is 16.4. The predicted octanol–water partition coefficient (Wildman–Crippen LogP) is 3.80. The lowest BCUT2D eigenvalue weighted by atomic mass is 9.84. The number of para-hydroxylation sites is 1. The average Bonchev–Trinajstić information content (AvgIpc) is 2.67. The molecule has 1 aliphatic rings. The fourth-order valence-electron chi connectivity index (χ4n) is 3.41. The van der Waals surface area contributed by atoms with Crippen LogP contribution in [-0.4, -0.2) is 6.10 Å². The lowest BCUT2D eigenvalue weighted by molar-refractivity contribution is 0.242. The van der Waals surface area contributed by atoms with Crippen LogP contribution in [0.1, 0.15) is 30.9 Å². The van der Waals surface area contributed by atoms with Crippen LogP contribution in [-0.2, 0) is 0 Å². The third kappa shape index (κ3) is 2.87. The summed E-state index contributed by atoms with van der Waals surface area (Å²) < 4.78 is 16.9. The van der Waals surface area contributed by atoms with Crippen molar-refractivity contribution in [2.45, 2.75) is 25.9 Å². The highest BCUT2D eigenvalue weighted by atomic mass is 16.5.